The highest BCUT2D eigenvalue weighted by Crippen LogP contribution is 2.28. The van der Waals surface area contributed by atoms with Crippen molar-refractivity contribution in [2.24, 2.45) is 0 Å². The lowest BCUT2D eigenvalue weighted by molar-refractivity contribution is -0.123. The largest absolute Gasteiger partial charge is 0.449 e. The van der Waals surface area contributed by atoms with Gasteiger partial charge in [-0.25, -0.2) is 13.2 Å². The van der Waals surface area contributed by atoms with Gasteiger partial charge in [0.15, 0.2) is 6.10 Å². The summed E-state index contributed by atoms with van der Waals surface area (Å²) in [6.45, 7) is 4.21. The van der Waals surface area contributed by atoms with Crippen molar-refractivity contribution in [2.45, 2.75) is 37.7 Å². The first-order chi connectivity index (χ1) is 14.2. The number of carbonyl (C=O) groups is 2. The summed E-state index contributed by atoms with van der Waals surface area (Å²) >= 11 is 6.10. The fourth-order valence-corrected chi connectivity index (χ4v) is 5.08. The normalized spacial score (nSPS) is 15.6. The Labute approximate surface area is 181 Å². The maximum atomic E-state index is 12.8. The van der Waals surface area contributed by atoms with E-state index in [9.17, 15) is 18.0 Å². The van der Waals surface area contributed by atoms with E-state index in [2.05, 4.69) is 5.32 Å². The maximum absolute atomic E-state index is 12.8. The number of anilines is 1. The van der Waals surface area contributed by atoms with Gasteiger partial charge in [-0.3, -0.25) is 4.79 Å². The Morgan fingerprint density at radius 1 is 1.10 bits per heavy atom. The lowest BCUT2D eigenvalue weighted by Crippen LogP contribution is -2.30. The molecule has 160 valence electrons. The van der Waals surface area contributed by atoms with E-state index >= 15 is 0 Å². The van der Waals surface area contributed by atoms with Crippen molar-refractivity contribution in [3.05, 3.63) is 58.6 Å². The Hall–Kier alpha value is -2.42. The van der Waals surface area contributed by atoms with Crippen LogP contribution in [0.4, 0.5) is 5.69 Å². The zero-order valence-corrected chi connectivity index (χ0v) is 18.3. The number of amides is 1. The predicted octanol–water partition coefficient (Wildman–Crippen LogP) is 3.62. The molecule has 1 amide bonds. The number of nitrogens with one attached hydrogen (secondary N) is 1. The van der Waals surface area contributed by atoms with E-state index in [1.54, 1.807) is 12.1 Å². The van der Waals surface area contributed by atoms with E-state index in [1.165, 1.54) is 29.4 Å². The minimum Gasteiger partial charge on any atom is -0.449 e. The molecule has 1 heterocycles. The molecule has 1 aliphatic rings. The topological polar surface area (TPSA) is 92.8 Å². The van der Waals surface area contributed by atoms with Gasteiger partial charge >= 0.3 is 5.97 Å². The summed E-state index contributed by atoms with van der Waals surface area (Å²) in [5.74, 6) is -1.30. The van der Waals surface area contributed by atoms with E-state index < -0.39 is 28.0 Å². The Bertz CT molecular complexity index is 1050. The highest BCUT2D eigenvalue weighted by Gasteiger charge is 2.30. The van der Waals surface area contributed by atoms with Crippen LogP contribution in [0.5, 0.6) is 0 Å². The number of benzene rings is 2. The van der Waals surface area contributed by atoms with Gasteiger partial charge in [-0.15, -0.1) is 0 Å². The second-order valence-electron chi connectivity index (χ2n) is 7.16. The Morgan fingerprint density at radius 2 is 1.73 bits per heavy atom. The minimum atomic E-state index is -3.80. The smallest absolute Gasteiger partial charge is 0.338 e. The number of sulfonamides is 1. The van der Waals surface area contributed by atoms with Crippen LogP contribution in [0.3, 0.4) is 0 Å². The molecular formula is C21H23ClN2O5S. The van der Waals surface area contributed by atoms with Gasteiger partial charge in [-0.2, -0.15) is 4.31 Å². The molecule has 0 aromatic heterocycles. The number of ether oxygens (including phenoxy) is 1. The number of hydrogen-bond acceptors (Lipinski definition) is 5. The quantitative estimate of drug-likeness (QED) is 0.678. The zero-order valence-electron chi connectivity index (χ0n) is 16.7. The average Bonchev–Trinajstić information content (AvgIpc) is 3.25. The fourth-order valence-electron chi connectivity index (χ4n) is 3.06. The standard InChI is InChI=1S/C21H23ClN2O5S/c1-14-5-8-17(9-6-14)23-20(25)15(2)29-21(26)16-7-10-18(22)19(13-16)30(27,28)24-11-3-4-12-24/h5-10,13,15H,3-4,11-12H2,1-2H3,(H,23,25). The van der Waals surface area contributed by atoms with Crippen molar-refractivity contribution in [3.8, 4) is 0 Å². The molecule has 1 aliphatic heterocycles. The zero-order chi connectivity index (χ0) is 21.9. The predicted molar refractivity (Wildman–Crippen MR) is 114 cm³/mol. The molecule has 7 nitrogen and oxygen atoms in total. The third kappa shape index (κ3) is 5.00. The fraction of sp³-hybridized carbons (Fsp3) is 0.333. The summed E-state index contributed by atoms with van der Waals surface area (Å²) in [5, 5.41) is 2.70. The molecule has 2 aromatic rings. The van der Waals surface area contributed by atoms with Crippen molar-refractivity contribution in [1.82, 2.24) is 4.31 Å². The van der Waals surface area contributed by atoms with Crippen molar-refractivity contribution in [1.29, 1.82) is 0 Å². The van der Waals surface area contributed by atoms with Crippen molar-refractivity contribution in [2.75, 3.05) is 18.4 Å². The lowest BCUT2D eigenvalue weighted by atomic mass is 10.2. The number of hydrogen-bond donors (Lipinski definition) is 1. The van der Waals surface area contributed by atoms with E-state index in [-0.39, 0.29) is 15.5 Å². The summed E-state index contributed by atoms with van der Waals surface area (Å²) in [4.78, 5) is 24.7. The molecular weight excluding hydrogens is 428 g/mol. The van der Waals surface area contributed by atoms with Gasteiger partial charge in [-0.1, -0.05) is 29.3 Å². The highest BCUT2D eigenvalue weighted by atomic mass is 35.5. The van der Waals surface area contributed by atoms with E-state index in [1.807, 2.05) is 19.1 Å². The molecule has 1 fully saturated rings. The van der Waals surface area contributed by atoms with Crippen LogP contribution in [0.2, 0.25) is 5.02 Å². The minimum absolute atomic E-state index is 0.00663. The van der Waals surface area contributed by atoms with Crippen LogP contribution in [-0.4, -0.2) is 43.8 Å². The van der Waals surface area contributed by atoms with Crippen LogP contribution >= 0.6 is 11.6 Å². The van der Waals surface area contributed by atoms with Crippen LogP contribution in [0, 0.1) is 6.92 Å². The first kappa shape index (κ1) is 22.3. The number of esters is 1. The lowest BCUT2D eigenvalue weighted by Gasteiger charge is -2.17. The molecule has 30 heavy (non-hydrogen) atoms. The highest BCUT2D eigenvalue weighted by molar-refractivity contribution is 7.89. The Kier molecular flexibility index (Phi) is 6.80. The summed E-state index contributed by atoms with van der Waals surface area (Å²) in [6.07, 6.45) is 0.492. The van der Waals surface area contributed by atoms with Gasteiger partial charge in [0, 0.05) is 18.8 Å². The van der Waals surface area contributed by atoms with E-state index in [0.717, 1.165) is 18.4 Å². The molecule has 1 saturated heterocycles. The van der Waals surface area contributed by atoms with Gasteiger partial charge in [-0.05, 0) is 57.0 Å². The van der Waals surface area contributed by atoms with Crippen LogP contribution in [-0.2, 0) is 19.6 Å². The molecule has 2 aromatic carbocycles. The molecule has 3 rings (SSSR count). The van der Waals surface area contributed by atoms with Gasteiger partial charge in [0.25, 0.3) is 5.91 Å². The third-order valence-corrected chi connectivity index (χ3v) is 7.20. The molecule has 0 saturated carbocycles. The maximum Gasteiger partial charge on any atom is 0.338 e. The summed E-state index contributed by atoms with van der Waals surface area (Å²) < 4.78 is 32.2. The second kappa shape index (κ2) is 9.16. The van der Waals surface area contributed by atoms with Gasteiger partial charge in [0.05, 0.1) is 10.6 Å². The van der Waals surface area contributed by atoms with Crippen LogP contribution in [0.25, 0.3) is 0 Å². The number of halogens is 1. The number of aryl methyl sites for hydroxylation is 1. The molecule has 1 N–H and O–H groups in total. The summed E-state index contributed by atoms with van der Waals surface area (Å²) in [6, 6.07) is 11.1. The Morgan fingerprint density at radius 3 is 2.37 bits per heavy atom. The second-order valence-corrected chi connectivity index (χ2v) is 9.47. The van der Waals surface area contributed by atoms with Crippen molar-refractivity contribution in [3.63, 3.8) is 0 Å². The number of rotatable bonds is 6. The molecule has 1 atom stereocenters. The van der Waals surface area contributed by atoms with Crippen LogP contribution < -0.4 is 5.32 Å². The van der Waals surface area contributed by atoms with E-state index in [0.29, 0.717) is 18.8 Å². The van der Waals surface area contributed by atoms with Crippen molar-refractivity contribution >= 4 is 39.2 Å². The first-order valence-corrected chi connectivity index (χ1v) is 11.4. The number of nitrogens with zero attached hydrogens (tertiary/aromatic N) is 1. The summed E-state index contributed by atoms with van der Waals surface area (Å²) in [7, 11) is -3.80. The first-order valence-electron chi connectivity index (χ1n) is 9.56. The molecule has 0 aliphatic carbocycles. The molecule has 0 spiro atoms. The molecule has 9 heteroatoms. The monoisotopic (exact) mass is 450 g/mol. The van der Waals surface area contributed by atoms with E-state index in [4.69, 9.17) is 16.3 Å². The van der Waals surface area contributed by atoms with Crippen LogP contribution in [0.15, 0.2) is 47.4 Å². The average molecular weight is 451 g/mol. The Balaban J connectivity index is 1.72. The molecule has 0 bridgehead atoms. The van der Waals surface area contributed by atoms with Gasteiger partial charge < -0.3 is 10.1 Å². The van der Waals surface area contributed by atoms with Crippen molar-refractivity contribution < 1.29 is 22.7 Å². The molecule has 1 unspecified atom stereocenters. The number of carbonyl (C=O) groups excluding carboxylic acids is 2. The third-order valence-electron chi connectivity index (χ3n) is 4.82. The van der Waals surface area contributed by atoms with Gasteiger partial charge in [0.2, 0.25) is 10.0 Å². The summed E-state index contributed by atoms with van der Waals surface area (Å²) in [5.41, 5.74) is 1.64. The van der Waals surface area contributed by atoms with Gasteiger partial charge in [0.1, 0.15) is 4.90 Å². The molecule has 0 radical (unpaired) electrons. The van der Waals surface area contributed by atoms with Crippen LogP contribution in [0.1, 0.15) is 35.7 Å². The SMILES string of the molecule is Cc1ccc(NC(=O)C(C)OC(=O)c2ccc(Cl)c(S(=O)(=O)N3CCCC3)c2)cc1.